The molecular weight excluding hydrogens is 340 g/mol. The molecule has 0 unspecified atom stereocenters. The van der Waals surface area contributed by atoms with Gasteiger partial charge in [-0.3, -0.25) is 0 Å². The van der Waals surface area contributed by atoms with Crippen LogP contribution in [-0.2, 0) is 16.4 Å². The summed E-state index contributed by atoms with van der Waals surface area (Å²) in [6.07, 6.45) is 4.58. The molecule has 0 bridgehead atoms. The van der Waals surface area contributed by atoms with Gasteiger partial charge in [0.2, 0.25) is 0 Å². The molecule has 0 atom stereocenters. The minimum atomic E-state index is -4.03. The van der Waals surface area contributed by atoms with Crippen LogP contribution in [0.1, 0.15) is 43.1 Å². The average molecular weight is 357 g/mol. The van der Waals surface area contributed by atoms with Crippen molar-refractivity contribution in [3.05, 3.63) is 35.2 Å². The molecule has 2 aromatic rings. The Bertz CT molecular complexity index is 847. The molecule has 0 spiro atoms. The van der Waals surface area contributed by atoms with Crippen LogP contribution >= 0.6 is 0 Å². The monoisotopic (exact) mass is 357 g/mol. The fourth-order valence-corrected chi connectivity index (χ4v) is 4.12. The van der Waals surface area contributed by atoms with Crippen molar-refractivity contribution in [2.24, 2.45) is 0 Å². The molecule has 1 aliphatic rings. The van der Waals surface area contributed by atoms with E-state index < -0.39 is 33.0 Å². The number of halogens is 2. The van der Waals surface area contributed by atoms with E-state index in [-0.39, 0.29) is 17.2 Å². The molecule has 8 heteroatoms. The van der Waals surface area contributed by atoms with E-state index in [1.54, 1.807) is 0 Å². The van der Waals surface area contributed by atoms with E-state index in [9.17, 15) is 22.3 Å². The maximum Gasteiger partial charge on any atom is 0.181 e. The van der Waals surface area contributed by atoms with E-state index >= 15 is 0 Å². The third kappa shape index (κ3) is 2.95. The van der Waals surface area contributed by atoms with Crippen molar-refractivity contribution in [2.45, 2.75) is 43.1 Å². The molecule has 1 N–H and O–H groups in total. The highest BCUT2D eigenvalue weighted by Crippen LogP contribution is 2.41. The number of benzene rings is 1. The molecule has 0 amide bonds. The highest BCUT2D eigenvalue weighted by atomic mass is 32.2. The van der Waals surface area contributed by atoms with Crippen molar-refractivity contribution in [3.8, 4) is 11.1 Å². The molecule has 130 valence electrons. The van der Waals surface area contributed by atoms with Crippen LogP contribution in [0.2, 0.25) is 0 Å². The molecular formula is C16H17F2NO4S. The smallest absolute Gasteiger partial charge is 0.181 e. The number of sulfone groups is 1. The number of hydrogen-bond donors (Lipinski definition) is 1. The summed E-state index contributed by atoms with van der Waals surface area (Å²) in [4.78, 5) is -0.962. The molecule has 24 heavy (non-hydrogen) atoms. The van der Waals surface area contributed by atoms with Crippen molar-refractivity contribution in [3.63, 3.8) is 0 Å². The lowest BCUT2D eigenvalue weighted by molar-refractivity contribution is 0.228. The topological polar surface area (TPSA) is 80.4 Å². The fourth-order valence-electron chi connectivity index (χ4n) is 3.29. The van der Waals surface area contributed by atoms with Gasteiger partial charge in [0, 0.05) is 12.2 Å². The quantitative estimate of drug-likeness (QED) is 0.909. The van der Waals surface area contributed by atoms with Crippen LogP contribution in [0.4, 0.5) is 8.78 Å². The highest BCUT2D eigenvalue weighted by Gasteiger charge is 2.29. The Morgan fingerprint density at radius 3 is 2.33 bits per heavy atom. The van der Waals surface area contributed by atoms with Gasteiger partial charge in [-0.25, -0.2) is 17.2 Å². The Morgan fingerprint density at radius 2 is 1.83 bits per heavy atom. The number of hydrogen-bond acceptors (Lipinski definition) is 5. The van der Waals surface area contributed by atoms with Crippen LogP contribution in [0.5, 0.6) is 0 Å². The Kier molecular flexibility index (Phi) is 4.44. The van der Waals surface area contributed by atoms with E-state index in [1.165, 1.54) is 0 Å². The van der Waals surface area contributed by atoms with Gasteiger partial charge in [0.1, 0.15) is 23.1 Å². The number of aromatic nitrogens is 1. The maximum absolute atomic E-state index is 14.2. The Balaban J connectivity index is 2.17. The van der Waals surface area contributed by atoms with Gasteiger partial charge >= 0.3 is 0 Å². The van der Waals surface area contributed by atoms with Gasteiger partial charge in [0.05, 0.1) is 11.3 Å². The summed E-state index contributed by atoms with van der Waals surface area (Å²) in [6, 6.07) is 1.90. The minimum absolute atomic E-state index is 0.102. The summed E-state index contributed by atoms with van der Waals surface area (Å²) < 4.78 is 56.6. The SMILES string of the molecule is CS(=O)(=O)c1c(F)cc(-c2c(C3CCCC3)noc2CO)cc1F. The Morgan fingerprint density at radius 1 is 1.25 bits per heavy atom. The summed E-state index contributed by atoms with van der Waals surface area (Å²) >= 11 is 0. The summed E-state index contributed by atoms with van der Waals surface area (Å²) in [7, 11) is -4.03. The molecule has 1 aliphatic carbocycles. The molecule has 5 nitrogen and oxygen atoms in total. The molecule has 1 saturated carbocycles. The van der Waals surface area contributed by atoms with E-state index in [4.69, 9.17) is 4.52 Å². The lowest BCUT2D eigenvalue weighted by atomic mass is 9.94. The zero-order chi connectivity index (χ0) is 17.5. The van der Waals surface area contributed by atoms with Crippen molar-refractivity contribution in [1.82, 2.24) is 5.16 Å². The molecule has 1 aromatic carbocycles. The first kappa shape index (κ1) is 17.0. The van der Waals surface area contributed by atoms with Crippen LogP contribution < -0.4 is 0 Å². The van der Waals surface area contributed by atoms with Crippen molar-refractivity contribution >= 4 is 9.84 Å². The largest absolute Gasteiger partial charge is 0.388 e. The molecule has 0 radical (unpaired) electrons. The standard InChI is InChI=1S/C16H17F2NO4S/c1-24(21,22)16-11(17)6-10(7-12(16)18)14-13(8-20)23-19-15(14)9-4-2-3-5-9/h6-7,9,20H,2-5,8H2,1H3. The molecule has 0 saturated heterocycles. The van der Waals surface area contributed by atoms with E-state index in [1.807, 2.05) is 0 Å². The van der Waals surface area contributed by atoms with Crippen LogP contribution in [0.15, 0.2) is 21.6 Å². The predicted octanol–water partition coefficient (Wildman–Crippen LogP) is 3.17. The van der Waals surface area contributed by atoms with Gasteiger partial charge < -0.3 is 9.63 Å². The lowest BCUT2D eigenvalue weighted by Gasteiger charge is -2.11. The van der Waals surface area contributed by atoms with E-state index in [2.05, 4.69) is 5.16 Å². The lowest BCUT2D eigenvalue weighted by Crippen LogP contribution is -2.05. The number of aliphatic hydroxyl groups excluding tert-OH is 1. The second-order valence-corrected chi connectivity index (χ2v) is 8.00. The second kappa shape index (κ2) is 6.25. The molecule has 1 aromatic heterocycles. The zero-order valence-electron chi connectivity index (χ0n) is 13.1. The van der Waals surface area contributed by atoms with Gasteiger partial charge in [-0.05, 0) is 30.5 Å². The summed E-state index contributed by atoms with van der Waals surface area (Å²) in [5.41, 5.74) is 1.02. The van der Waals surface area contributed by atoms with Crippen LogP contribution in [0.3, 0.4) is 0 Å². The number of nitrogens with zero attached hydrogens (tertiary/aromatic N) is 1. The van der Waals surface area contributed by atoms with Gasteiger partial charge in [-0.15, -0.1) is 0 Å². The molecule has 0 aliphatic heterocycles. The molecule has 1 heterocycles. The van der Waals surface area contributed by atoms with Gasteiger partial charge in [0.15, 0.2) is 15.6 Å². The fraction of sp³-hybridized carbons (Fsp3) is 0.438. The third-order valence-electron chi connectivity index (χ3n) is 4.33. The highest BCUT2D eigenvalue weighted by molar-refractivity contribution is 7.90. The first-order chi connectivity index (χ1) is 11.3. The normalized spacial score (nSPS) is 16.0. The number of aliphatic hydroxyl groups is 1. The van der Waals surface area contributed by atoms with Crippen LogP contribution in [-0.4, -0.2) is 24.9 Å². The predicted molar refractivity (Wildman–Crippen MR) is 82.1 cm³/mol. The van der Waals surface area contributed by atoms with Crippen molar-refractivity contribution in [1.29, 1.82) is 0 Å². The van der Waals surface area contributed by atoms with Gasteiger partial charge in [-0.1, -0.05) is 18.0 Å². The zero-order valence-corrected chi connectivity index (χ0v) is 13.9. The van der Waals surface area contributed by atoms with Crippen molar-refractivity contribution < 1.29 is 26.8 Å². The van der Waals surface area contributed by atoms with Crippen molar-refractivity contribution in [2.75, 3.05) is 6.26 Å². The van der Waals surface area contributed by atoms with Crippen LogP contribution in [0.25, 0.3) is 11.1 Å². The minimum Gasteiger partial charge on any atom is -0.388 e. The average Bonchev–Trinajstić information content (AvgIpc) is 3.13. The number of rotatable bonds is 4. The summed E-state index contributed by atoms with van der Waals surface area (Å²) in [5, 5.41) is 13.4. The summed E-state index contributed by atoms with van der Waals surface area (Å²) in [6.45, 7) is -0.466. The Labute approximate surface area is 138 Å². The maximum atomic E-state index is 14.2. The third-order valence-corrected chi connectivity index (χ3v) is 5.46. The van der Waals surface area contributed by atoms with E-state index in [0.717, 1.165) is 44.1 Å². The first-order valence-electron chi connectivity index (χ1n) is 7.61. The van der Waals surface area contributed by atoms with E-state index in [0.29, 0.717) is 11.3 Å². The summed E-state index contributed by atoms with van der Waals surface area (Å²) in [5.74, 6) is -2.13. The Hall–Kier alpha value is -1.80. The second-order valence-electron chi connectivity index (χ2n) is 6.05. The van der Waals surface area contributed by atoms with Gasteiger partial charge in [-0.2, -0.15) is 0 Å². The molecule has 3 rings (SSSR count). The van der Waals surface area contributed by atoms with Crippen LogP contribution in [0, 0.1) is 11.6 Å². The molecule has 1 fully saturated rings. The van der Waals surface area contributed by atoms with Gasteiger partial charge in [0.25, 0.3) is 0 Å². The first-order valence-corrected chi connectivity index (χ1v) is 9.51.